The average molecular weight is 326 g/mol. The van der Waals surface area contributed by atoms with Crippen LogP contribution in [0.25, 0.3) is 22.6 Å². The Balaban J connectivity index is 2.17. The van der Waals surface area contributed by atoms with Crippen LogP contribution in [0.3, 0.4) is 0 Å². The summed E-state index contributed by atoms with van der Waals surface area (Å²) in [5, 5.41) is 1.97. The highest BCUT2D eigenvalue weighted by atomic mass is 35.5. The van der Waals surface area contributed by atoms with E-state index in [4.69, 9.17) is 23.2 Å². The normalized spacial score (nSPS) is 10.8. The molecule has 0 atom stereocenters. The van der Waals surface area contributed by atoms with Crippen LogP contribution in [0.2, 0.25) is 10.3 Å². The van der Waals surface area contributed by atoms with Crippen LogP contribution in [-0.4, -0.2) is 15.0 Å². The summed E-state index contributed by atoms with van der Waals surface area (Å²) in [5.41, 5.74) is 2.79. The predicted molar refractivity (Wildman–Crippen MR) is 78.6 cm³/mol. The van der Waals surface area contributed by atoms with Crippen LogP contribution >= 0.6 is 34.5 Å². The fourth-order valence-corrected chi connectivity index (χ4v) is 2.85. The maximum Gasteiger partial charge on any atom is 0.181 e. The fraction of sp³-hybridized carbons (Fsp3) is 0. The van der Waals surface area contributed by atoms with Gasteiger partial charge in [-0.15, -0.1) is 11.3 Å². The molecule has 0 fully saturated rings. The highest BCUT2D eigenvalue weighted by molar-refractivity contribution is 7.07. The Labute approximate surface area is 128 Å². The van der Waals surface area contributed by atoms with Crippen LogP contribution in [0, 0.1) is 5.82 Å². The second-order valence-corrected chi connectivity index (χ2v) is 5.29. The van der Waals surface area contributed by atoms with Gasteiger partial charge < -0.3 is 0 Å². The summed E-state index contributed by atoms with van der Waals surface area (Å²) in [6.07, 6.45) is 0. The van der Waals surface area contributed by atoms with Crippen molar-refractivity contribution in [2.24, 2.45) is 0 Å². The number of halogens is 3. The minimum Gasteiger partial charge on any atom is -0.241 e. The maximum absolute atomic E-state index is 13.8. The summed E-state index contributed by atoms with van der Waals surface area (Å²) >= 11 is 13.7. The van der Waals surface area contributed by atoms with E-state index in [0.29, 0.717) is 11.5 Å². The number of aromatic nitrogens is 3. The van der Waals surface area contributed by atoms with Gasteiger partial charge in [0.1, 0.15) is 21.8 Å². The van der Waals surface area contributed by atoms with Crippen LogP contribution in [0.15, 0.2) is 35.2 Å². The lowest BCUT2D eigenvalue weighted by Gasteiger charge is -2.08. The number of nitrogens with zero attached hydrogens (tertiary/aromatic N) is 3. The van der Waals surface area contributed by atoms with Crippen molar-refractivity contribution < 1.29 is 4.39 Å². The lowest BCUT2D eigenvalue weighted by Crippen LogP contribution is -1.96. The van der Waals surface area contributed by atoms with Gasteiger partial charge in [-0.2, -0.15) is 0 Å². The van der Waals surface area contributed by atoms with E-state index in [2.05, 4.69) is 15.0 Å². The lowest BCUT2D eigenvalue weighted by atomic mass is 10.1. The summed E-state index contributed by atoms with van der Waals surface area (Å²) in [6, 6.07) is 6.19. The smallest absolute Gasteiger partial charge is 0.181 e. The van der Waals surface area contributed by atoms with Crippen molar-refractivity contribution in [2.45, 2.75) is 0 Å². The Hall–Kier alpha value is -1.56. The summed E-state index contributed by atoms with van der Waals surface area (Å²) in [4.78, 5) is 12.4. The van der Waals surface area contributed by atoms with Crippen molar-refractivity contribution in [3.63, 3.8) is 0 Å². The van der Waals surface area contributed by atoms with Gasteiger partial charge in [-0.3, -0.25) is 0 Å². The van der Waals surface area contributed by atoms with Gasteiger partial charge in [0.2, 0.25) is 0 Å². The molecular weight excluding hydrogens is 320 g/mol. The van der Waals surface area contributed by atoms with Crippen LogP contribution in [0.4, 0.5) is 4.39 Å². The number of hydrogen-bond donors (Lipinski definition) is 0. The highest BCUT2D eigenvalue weighted by Crippen LogP contribution is 2.35. The largest absolute Gasteiger partial charge is 0.241 e. The molecule has 0 radical (unpaired) electrons. The molecule has 20 heavy (non-hydrogen) atoms. The molecule has 0 N–H and O–H groups in total. The number of hydrogen-bond acceptors (Lipinski definition) is 4. The molecule has 0 aliphatic rings. The number of rotatable bonds is 2. The third kappa shape index (κ3) is 2.40. The van der Waals surface area contributed by atoms with Crippen LogP contribution in [0.5, 0.6) is 0 Å². The summed E-state index contributed by atoms with van der Waals surface area (Å²) in [6.45, 7) is 0. The summed E-state index contributed by atoms with van der Waals surface area (Å²) in [5.74, 6) is -0.109. The molecule has 0 saturated carbocycles. The van der Waals surface area contributed by atoms with Crippen molar-refractivity contribution in [3.05, 3.63) is 51.3 Å². The zero-order valence-electron chi connectivity index (χ0n) is 9.85. The molecule has 0 unspecified atom stereocenters. The molecule has 2 heterocycles. The zero-order chi connectivity index (χ0) is 14.1. The van der Waals surface area contributed by atoms with Gasteiger partial charge in [0.25, 0.3) is 0 Å². The molecule has 0 saturated heterocycles. The highest BCUT2D eigenvalue weighted by Gasteiger charge is 2.17. The van der Waals surface area contributed by atoms with Gasteiger partial charge in [-0.25, -0.2) is 19.3 Å². The second-order valence-electron chi connectivity index (χ2n) is 3.86. The van der Waals surface area contributed by atoms with Crippen LogP contribution < -0.4 is 0 Å². The van der Waals surface area contributed by atoms with Gasteiger partial charge in [0.15, 0.2) is 5.82 Å². The molecular formula is C13H6Cl2FN3S. The summed E-state index contributed by atoms with van der Waals surface area (Å²) < 4.78 is 13.8. The molecule has 3 aromatic rings. The minimum absolute atomic E-state index is 0.0955. The predicted octanol–water partition coefficient (Wildman–Crippen LogP) is 4.71. The fourth-order valence-electron chi connectivity index (χ4n) is 1.73. The first kappa shape index (κ1) is 13.4. The van der Waals surface area contributed by atoms with Crippen molar-refractivity contribution in [1.29, 1.82) is 0 Å². The molecule has 7 heteroatoms. The van der Waals surface area contributed by atoms with E-state index in [1.165, 1.54) is 17.4 Å². The van der Waals surface area contributed by atoms with Crippen LogP contribution in [-0.2, 0) is 0 Å². The number of benzene rings is 1. The monoisotopic (exact) mass is 325 g/mol. The topological polar surface area (TPSA) is 38.7 Å². The van der Waals surface area contributed by atoms with Crippen molar-refractivity contribution in [2.75, 3.05) is 0 Å². The Morgan fingerprint density at radius 2 is 1.75 bits per heavy atom. The molecule has 0 amide bonds. The van der Waals surface area contributed by atoms with Crippen LogP contribution in [0.1, 0.15) is 0 Å². The molecule has 3 nitrogen and oxygen atoms in total. The van der Waals surface area contributed by atoms with E-state index in [1.54, 1.807) is 29.1 Å². The van der Waals surface area contributed by atoms with E-state index in [9.17, 15) is 4.39 Å². The van der Waals surface area contributed by atoms with Gasteiger partial charge in [-0.05, 0) is 6.07 Å². The first-order valence-electron chi connectivity index (χ1n) is 5.53. The average Bonchev–Trinajstić information content (AvgIpc) is 2.94. The van der Waals surface area contributed by atoms with E-state index in [0.717, 1.165) is 0 Å². The molecule has 0 spiro atoms. The van der Waals surface area contributed by atoms with E-state index in [1.807, 2.05) is 0 Å². The third-order valence-corrected chi connectivity index (χ3v) is 3.76. The first-order valence-corrected chi connectivity index (χ1v) is 7.23. The van der Waals surface area contributed by atoms with Crippen molar-refractivity contribution in [3.8, 4) is 22.6 Å². The third-order valence-electron chi connectivity index (χ3n) is 2.63. The van der Waals surface area contributed by atoms with Crippen molar-refractivity contribution >= 4 is 34.5 Å². The van der Waals surface area contributed by atoms with Gasteiger partial charge in [-0.1, -0.05) is 41.4 Å². The van der Waals surface area contributed by atoms with Gasteiger partial charge in [0.05, 0.1) is 11.1 Å². The quantitative estimate of drug-likeness (QED) is 0.640. The zero-order valence-corrected chi connectivity index (χ0v) is 12.2. The Morgan fingerprint density at radius 1 is 1.05 bits per heavy atom. The molecule has 0 bridgehead atoms. The van der Waals surface area contributed by atoms with Gasteiger partial charge in [0, 0.05) is 10.9 Å². The molecule has 0 aliphatic heterocycles. The maximum atomic E-state index is 13.8. The molecule has 2 aromatic heterocycles. The Morgan fingerprint density at radius 3 is 2.35 bits per heavy atom. The minimum atomic E-state index is -0.429. The van der Waals surface area contributed by atoms with E-state index in [-0.39, 0.29) is 21.4 Å². The molecule has 100 valence electrons. The lowest BCUT2D eigenvalue weighted by molar-refractivity contribution is 0.631. The number of thiazole rings is 1. The van der Waals surface area contributed by atoms with Crippen molar-refractivity contribution in [1.82, 2.24) is 15.0 Å². The molecule has 0 aliphatic carbocycles. The Bertz CT molecular complexity index is 739. The molecule has 1 aromatic carbocycles. The SMILES string of the molecule is Fc1ccccc1-c1c(Cl)nc(-c2cscn2)nc1Cl. The second kappa shape index (κ2) is 5.44. The molecule has 3 rings (SSSR count). The van der Waals surface area contributed by atoms with E-state index >= 15 is 0 Å². The van der Waals surface area contributed by atoms with Gasteiger partial charge >= 0.3 is 0 Å². The standard InChI is InChI=1S/C13H6Cl2FN3S/c14-11-10(7-3-1-2-4-8(7)16)12(15)19-13(18-11)9-5-20-6-17-9/h1-6H. The van der Waals surface area contributed by atoms with E-state index < -0.39 is 5.82 Å². The summed E-state index contributed by atoms with van der Waals surface area (Å²) in [7, 11) is 0. The Kier molecular flexibility index (Phi) is 3.65. The first-order chi connectivity index (χ1) is 9.66.